The van der Waals surface area contributed by atoms with Crippen LogP contribution in [0.15, 0.2) is 22.1 Å². The van der Waals surface area contributed by atoms with E-state index in [0.29, 0.717) is 38.0 Å². The maximum atomic E-state index is 12.5. The Balaban J connectivity index is 1.26. The highest BCUT2D eigenvalue weighted by Crippen LogP contribution is 2.42. The Labute approximate surface area is 157 Å². The van der Waals surface area contributed by atoms with Crippen LogP contribution < -0.4 is 0 Å². The lowest BCUT2D eigenvalue weighted by molar-refractivity contribution is -0.121. The topological polar surface area (TPSA) is 64.8 Å². The van der Waals surface area contributed by atoms with E-state index < -0.39 is 0 Å². The van der Waals surface area contributed by atoms with Gasteiger partial charge in [0.25, 0.3) is 5.91 Å². The molecule has 0 aromatic carbocycles. The lowest BCUT2D eigenvalue weighted by Gasteiger charge is -2.50. The third kappa shape index (κ3) is 3.31. The van der Waals surface area contributed by atoms with Crippen molar-refractivity contribution in [1.82, 2.24) is 9.88 Å². The summed E-state index contributed by atoms with van der Waals surface area (Å²) in [6.45, 7) is 7.19. The zero-order chi connectivity index (χ0) is 18.1. The number of ether oxygens (including phenoxy) is 2. The molecule has 4 rings (SSSR count). The van der Waals surface area contributed by atoms with E-state index in [9.17, 15) is 4.79 Å². The highest BCUT2D eigenvalue weighted by atomic mass is 32.1. The van der Waals surface area contributed by atoms with Gasteiger partial charge in [0.05, 0.1) is 36.7 Å². The molecule has 2 aliphatic rings. The Morgan fingerprint density at radius 1 is 1.46 bits per heavy atom. The number of aromatic nitrogens is 1. The first-order valence-corrected chi connectivity index (χ1v) is 9.91. The van der Waals surface area contributed by atoms with Crippen LogP contribution in [0.1, 0.15) is 39.7 Å². The lowest BCUT2D eigenvalue weighted by Crippen LogP contribution is -2.66. The van der Waals surface area contributed by atoms with E-state index in [4.69, 9.17) is 13.9 Å². The van der Waals surface area contributed by atoms with Crippen molar-refractivity contribution in [2.24, 2.45) is 5.92 Å². The van der Waals surface area contributed by atoms with Gasteiger partial charge >= 0.3 is 0 Å². The maximum absolute atomic E-state index is 12.5. The van der Waals surface area contributed by atoms with E-state index in [0.717, 1.165) is 35.7 Å². The third-order valence-electron chi connectivity index (χ3n) is 5.39. The van der Waals surface area contributed by atoms with Gasteiger partial charge in [0, 0.05) is 24.2 Å². The molecule has 1 spiro atoms. The molecule has 2 aromatic heterocycles. The van der Waals surface area contributed by atoms with Crippen molar-refractivity contribution in [1.29, 1.82) is 0 Å². The average molecular weight is 376 g/mol. The summed E-state index contributed by atoms with van der Waals surface area (Å²) < 4.78 is 17.2. The van der Waals surface area contributed by atoms with Crippen molar-refractivity contribution in [2.45, 2.75) is 38.9 Å². The predicted octanol–water partition coefficient (Wildman–Crippen LogP) is 3.19. The molecule has 7 heteroatoms. The number of nitrogens with zero attached hydrogens (tertiary/aromatic N) is 2. The second-order valence-electron chi connectivity index (χ2n) is 7.19. The van der Waals surface area contributed by atoms with Crippen LogP contribution in [-0.4, -0.2) is 47.7 Å². The molecule has 0 aliphatic carbocycles. The molecule has 0 saturated carbocycles. The maximum Gasteiger partial charge on any atom is 0.290 e. The molecular formula is C19H24N2O4S. The van der Waals surface area contributed by atoms with Crippen molar-refractivity contribution in [2.75, 3.05) is 26.3 Å². The molecule has 6 nitrogen and oxygen atoms in total. The van der Waals surface area contributed by atoms with E-state index in [1.165, 1.54) is 0 Å². The van der Waals surface area contributed by atoms with Gasteiger partial charge in [-0.15, -0.1) is 11.3 Å². The fourth-order valence-electron chi connectivity index (χ4n) is 3.90. The fourth-order valence-corrected chi connectivity index (χ4v) is 4.50. The highest BCUT2D eigenvalue weighted by Gasteiger charge is 2.54. The number of amides is 1. The molecule has 1 atom stereocenters. The summed E-state index contributed by atoms with van der Waals surface area (Å²) in [5.41, 5.74) is 1.68. The summed E-state index contributed by atoms with van der Waals surface area (Å²) in [7, 11) is 0. The number of aryl methyl sites for hydroxylation is 2. The van der Waals surface area contributed by atoms with Crippen molar-refractivity contribution in [3.05, 3.63) is 39.7 Å². The number of rotatable bonds is 6. The molecular weight excluding hydrogens is 352 g/mol. The van der Waals surface area contributed by atoms with Gasteiger partial charge in [-0.3, -0.25) is 4.79 Å². The third-order valence-corrected chi connectivity index (χ3v) is 6.21. The van der Waals surface area contributed by atoms with Gasteiger partial charge in [-0.2, -0.15) is 0 Å². The Hall–Kier alpha value is -1.70. The highest BCUT2D eigenvalue weighted by molar-refractivity contribution is 7.09. The largest absolute Gasteiger partial charge is 0.459 e. The van der Waals surface area contributed by atoms with E-state index in [-0.39, 0.29) is 11.5 Å². The van der Waals surface area contributed by atoms with E-state index >= 15 is 0 Å². The monoisotopic (exact) mass is 376 g/mol. The smallest absolute Gasteiger partial charge is 0.290 e. The van der Waals surface area contributed by atoms with Crippen LogP contribution in [0.5, 0.6) is 0 Å². The number of furan rings is 1. The van der Waals surface area contributed by atoms with Crippen LogP contribution in [0.3, 0.4) is 0 Å². The minimum Gasteiger partial charge on any atom is -0.459 e. The Morgan fingerprint density at radius 3 is 3.00 bits per heavy atom. The van der Waals surface area contributed by atoms with E-state index in [1.807, 2.05) is 30.2 Å². The summed E-state index contributed by atoms with van der Waals surface area (Å²) in [6, 6.07) is 1.82. The first-order chi connectivity index (χ1) is 12.6. The zero-order valence-electron chi connectivity index (χ0n) is 15.2. The second kappa shape index (κ2) is 7.13. The van der Waals surface area contributed by atoms with E-state index in [2.05, 4.69) is 4.98 Å². The lowest BCUT2D eigenvalue weighted by atomic mass is 9.79. The molecule has 4 heterocycles. The standard InChI is InChI=1S/C19H24N2O4S/c1-13-3-7-24-17(13)18(22)21-11-19(12-21)15(5-8-25-19)4-6-23-9-16-10-26-14(2)20-16/h3,7,10,15H,4-6,8-9,11-12H2,1-2H3/t15-/m0/s1. The minimum atomic E-state index is -0.198. The summed E-state index contributed by atoms with van der Waals surface area (Å²) in [5, 5.41) is 3.11. The molecule has 0 unspecified atom stereocenters. The fraction of sp³-hybridized carbons (Fsp3) is 0.579. The van der Waals surface area contributed by atoms with Crippen LogP contribution in [-0.2, 0) is 16.1 Å². The van der Waals surface area contributed by atoms with Crippen LogP contribution in [0.25, 0.3) is 0 Å². The SMILES string of the molecule is Cc1nc(COCC[C@H]2CCOC23CN(C(=O)c2occc2C)C3)cs1. The number of thiazole rings is 1. The van der Waals surface area contributed by atoms with Crippen LogP contribution in [0, 0.1) is 19.8 Å². The molecule has 140 valence electrons. The van der Waals surface area contributed by atoms with Crippen molar-refractivity contribution < 1.29 is 18.7 Å². The summed E-state index contributed by atoms with van der Waals surface area (Å²) in [5.74, 6) is 0.834. The Morgan fingerprint density at radius 2 is 2.31 bits per heavy atom. The number of carbonyl (C=O) groups is 1. The van der Waals surface area contributed by atoms with Gasteiger partial charge in [0.2, 0.25) is 0 Å². The molecule has 2 saturated heterocycles. The molecule has 26 heavy (non-hydrogen) atoms. The van der Waals surface area contributed by atoms with Gasteiger partial charge in [0.15, 0.2) is 5.76 Å². The average Bonchev–Trinajstić information content (AvgIpc) is 3.29. The Kier molecular flexibility index (Phi) is 4.86. The Bertz CT molecular complexity index is 778. The van der Waals surface area contributed by atoms with Crippen LogP contribution >= 0.6 is 11.3 Å². The molecule has 2 aromatic rings. The summed E-state index contributed by atoms with van der Waals surface area (Å²) >= 11 is 1.65. The molecule has 1 amide bonds. The van der Waals surface area contributed by atoms with Gasteiger partial charge in [0.1, 0.15) is 5.60 Å². The van der Waals surface area contributed by atoms with Crippen LogP contribution in [0.2, 0.25) is 0 Å². The summed E-state index contributed by atoms with van der Waals surface area (Å²) in [6.07, 6.45) is 3.54. The first kappa shape index (κ1) is 17.7. The molecule has 0 bridgehead atoms. The summed E-state index contributed by atoms with van der Waals surface area (Å²) in [4.78, 5) is 18.8. The minimum absolute atomic E-state index is 0.0393. The number of carbonyl (C=O) groups excluding carboxylic acids is 1. The zero-order valence-corrected chi connectivity index (χ0v) is 16.0. The molecule has 0 N–H and O–H groups in total. The molecule has 0 radical (unpaired) electrons. The van der Waals surface area contributed by atoms with Gasteiger partial charge in [-0.05, 0) is 38.7 Å². The van der Waals surface area contributed by atoms with Crippen molar-refractivity contribution in [3.8, 4) is 0 Å². The van der Waals surface area contributed by atoms with Crippen LogP contribution in [0.4, 0.5) is 0 Å². The first-order valence-electron chi connectivity index (χ1n) is 9.03. The quantitative estimate of drug-likeness (QED) is 0.725. The van der Waals surface area contributed by atoms with Gasteiger partial charge < -0.3 is 18.8 Å². The van der Waals surface area contributed by atoms with E-state index in [1.54, 1.807) is 17.6 Å². The number of likely N-dealkylation sites (tertiary alicyclic amines) is 1. The number of hydrogen-bond acceptors (Lipinski definition) is 6. The van der Waals surface area contributed by atoms with Gasteiger partial charge in [-0.1, -0.05) is 0 Å². The number of hydrogen-bond donors (Lipinski definition) is 0. The molecule has 2 aliphatic heterocycles. The van der Waals surface area contributed by atoms with Crippen molar-refractivity contribution >= 4 is 17.2 Å². The second-order valence-corrected chi connectivity index (χ2v) is 8.25. The van der Waals surface area contributed by atoms with Crippen molar-refractivity contribution in [3.63, 3.8) is 0 Å². The molecule has 2 fully saturated rings. The predicted molar refractivity (Wildman–Crippen MR) is 97.3 cm³/mol. The normalized spacial score (nSPS) is 21.3. The van der Waals surface area contributed by atoms with Gasteiger partial charge in [-0.25, -0.2) is 4.98 Å².